The molecule has 0 radical (unpaired) electrons. The monoisotopic (exact) mass is 737 g/mol. The van der Waals surface area contributed by atoms with E-state index in [-0.39, 0.29) is 12.4 Å². The zero-order valence-electron chi connectivity index (χ0n) is 31.3. The van der Waals surface area contributed by atoms with Crippen molar-refractivity contribution in [3.8, 4) is 11.5 Å². The predicted octanol–water partition coefficient (Wildman–Crippen LogP) is 8.41. The molecule has 8 heteroatoms. The molecule has 8 nitrogen and oxygen atoms in total. The highest BCUT2D eigenvalue weighted by Gasteiger charge is 2.39. The van der Waals surface area contributed by atoms with Crippen LogP contribution in [0.2, 0.25) is 0 Å². The summed E-state index contributed by atoms with van der Waals surface area (Å²) in [5.41, 5.74) is 11.8. The van der Waals surface area contributed by atoms with E-state index in [1.54, 1.807) is 14.2 Å². The number of carbonyl (C=O) groups is 1. The van der Waals surface area contributed by atoms with Gasteiger partial charge in [0.1, 0.15) is 28.9 Å². The van der Waals surface area contributed by atoms with Crippen LogP contribution < -0.4 is 20.5 Å². The summed E-state index contributed by atoms with van der Waals surface area (Å²) in [6.45, 7) is 0. The summed E-state index contributed by atoms with van der Waals surface area (Å²) in [6.07, 6.45) is 1.08. The maximum Gasteiger partial charge on any atom is 0.195 e. The number of nitrogens with zero attached hydrogens (tertiary/aromatic N) is 2. The third-order valence-corrected chi connectivity index (χ3v) is 9.90. The SMILES string of the molecule is COc1ccc(C(N=C(N)NC(=NC(c2ccccc2)(c2ccccc2)c2ccc(OC)cc2)c2ccc(CC=O)[nH]2)(c2ccccc2)c2ccccc2)cc1. The Hall–Kier alpha value is -7.19. The molecular weight excluding hydrogens is 695 g/mol. The number of aromatic amines is 1. The number of benzene rings is 6. The summed E-state index contributed by atoms with van der Waals surface area (Å²) in [4.78, 5) is 26.2. The standard InChI is InChI=1S/C48H43N5O3/c1-55-42-28-23-39(24-29-42)47(35-15-7-3-8-16-35,36-17-9-4-10-18-36)52-45(44-32-27-41(50-44)33-34-54)51-46(49)53-48(37-19-11-5-12-20-37,38-21-13-6-14-22-38)40-25-30-43(56-2)31-26-40/h3-32,34,50H,33H2,1-2H3,(H3,49,51,52,53). The first-order valence-corrected chi connectivity index (χ1v) is 18.4. The van der Waals surface area contributed by atoms with Crippen molar-refractivity contribution in [3.05, 3.63) is 227 Å². The molecule has 1 heterocycles. The number of aromatic nitrogens is 1. The van der Waals surface area contributed by atoms with Gasteiger partial charge in [0.05, 0.1) is 19.9 Å². The Balaban J connectivity index is 1.50. The molecule has 0 aliphatic heterocycles. The van der Waals surface area contributed by atoms with Gasteiger partial charge < -0.3 is 30.3 Å². The largest absolute Gasteiger partial charge is 0.497 e. The smallest absolute Gasteiger partial charge is 0.195 e. The lowest BCUT2D eigenvalue weighted by Crippen LogP contribution is -2.43. The zero-order valence-corrected chi connectivity index (χ0v) is 31.3. The lowest BCUT2D eigenvalue weighted by molar-refractivity contribution is -0.107. The summed E-state index contributed by atoms with van der Waals surface area (Å²) in [5.74, 6) is 1.98. The van der Waals surface area contributed by atoms with Crippen molar-refractivity contribution in [2.24, 2.45) is 15.7 Å². The molecule has 7 rings (SSSR count). The molecule has 4 N–H and O–H groups in total. The van der Waals surface area contributed by atoms with E-state index in [9.17, 15) is 4.79 Å². The fraction of sp³-hybridized carbons (Fsp3) is 0.104. The van der Waals surface area contributed by atoms with Gasteiger partial charge in [-0.1, -0.05) is 146 Å². The van der Waals surface area contributed by atoms with Crippen LogP contribution in [0.3, 0.4) is 0 Å². The number of methoxy groups -OCH3 is 2. The van der Waals surface area contributed by atoms with E-state index in [0.717, 1.165) is 56.9 Å². The van der Waals surface area contributed by atoms with Crippen molar-refractivity contribution in [3.63, 3.8) is 0 Å². The minimum Gasteiger partial charge on any atom is -0.497 e. The Labute approximate surface area is 327 Å². The Morgan fingerprint density at radius 2 is 0.929 bits per heavy atom. The fourth-order valence-corrected chi connectivity index (χ4v) is 7.21. The van der Waals surface area contributed by atoms with Crippen LogP contribution in [0.1, 0.15) is 44.8 Å². The van der Waals surface area contributed by atoms with Gasteiger partial charge in [0.15, 0.2) is 11.8 Å². The molecule has 0 aliphatic carbocycles. The minimum atomic E-state index is -1.08. The van der Waals surface area contributed by atoms with Crippen LogP contribution in [-0.4, -0.2) is 37.3 Å². The Morgan fingerprint density at radius 1 is 0.554 bits per heavy atom. The van der Waals surface area contributed by atoms with Crippen molar-refractivity contribution in [1.82, 2.24) is 10.3 Å². The number of amidine groups is 1. The molecule has 0 bridgehead atoms. The van der Waals surface area contributed by atoms with Crippen LogP contribution in [0.15, 0.2) is 192 Å². The van der Waals surface area contributed by atoms with Crippen LogP contribution >= 0.6 is 0 Å². The first kappa shape index (κ1) is 37.1. The minimum absolute atomic E-state index is 0.114. The summed E-state index contributed by atoms with van der Waals surface area (Å²) < 4.78 is 11.1. The number of hydrogen-bond acceptors (Lipinski definition) is 5. The van der Waals surface area contributed by atoms with Crippen LogP contribution in [0.4, 0.5) is 0 Å². The van der Waals surface area contributed by atoms with Gasteiger partial charge >= 0.3 is 0 Å². The van der Waals surface area contributed by atoms with Crippen LogP contribution in [-0.2, 0) is 22.3 Å². The highest BCUT2D eigenvalue weighted by Crippen LogP contribution is 2.43. The number of aldehydes is 1. The van der Waals surface area contributed by atoms with E-state index in [1.807, 2.05) is 133 Å². The quantitative estimate of drug-likeness (QED) is 0.0476. The Morgan fingerprint density at radius 3 is 1.30 bits per heavy atom. The average Bonchev–Trinajstić information content (AvgIpc) is 3.74. The molecule has 0 saturated carbocycles. The maximum absolute atomic E-state index is 11.6. The number of ether oxygens (including phenoxy) is 2. The van der Waals surface area contributed by atoms with Gasteiger partial charge in [0.25, 0.3) is 0 Å². The average molecular weight is 738 g/mol. The maximum atomic E-state index is 11.6. The van der Waals surface area contributed by atoms with Gasteiger partial charge in [-0.15, -0.1) is 0 Å². The first-order chi connectivity index (χ1) is 27.5. The van der Waals surface area contributed by atoms with Gasteiger partial charge in [-0.3, -0.25) is 0 Å². The van der Waals surface area contributed by atoms with E-state index in [2.05, 4.69) is 58.8 Å². The molecule has 1 aromatic heterocycles. The number of nitrogens with two attached hydrogens (primary N) is 1. The van der Waals surface area contributed by atoms with E-state index in [0.29, 0.717) is 11.5 Å². The molecule has 0 unspecified atom stereocenters. The topological polar surface area (TPSA) is 114 Å². The second kappa shape index (κ2) is 16.9. The van der Waals surface area contributed by atoms with Crippen molar-refractivity contribution >= 4 is 18.1 Å². The van der Waals surface area contributed by atoms with Crippen molar-refractivity contribution in [2.45, 2.75) is 17.5 Å². The molecule has 0 spiro atoms. The number of carbonyl (C=O) groups excluding carboxylic acids is 1. The summed E-state index contributed by atoms with van der Waals surface area (Å²) in [6, 6.07) is 60.1. The Kier molecular flexibility index (Phi) is 11.2. The fourth-order valence-electron chi connectivity index (χ4n) is 7.21. The molecule has 0 amide bonds. The normalized spacial score (nSPS) is 12.2. The summed E-state index contributed by atoms with van der Waals surface area (Å²) >= 11 is 0. The number of H-pyrrole nitrogens is 1. The van der Waals surface area contributed by atoms with E-state index >= 15 is 0 Å². The molecule has 0 atom stereocenters. The van der Waals surface area contributed by atoms with Gasteiger partial charge in [-0.2, -0.15) is 0 Å². The van der Waals surface area contributed by atoms with Crippen LogP contribution in [0, 0.1) is 0 Å². The van der Waals surface area contributed by atoms with Crippen molar-refractivity contribution in [1.29, 1.82) is 0 Å². The molecule has 7 aromatic rings. The van der Waals surface area contributed by atoms with E-state index in [4.69, 9.17) is 25.2 Å². The van der Waals surface area contributed by atoms with Crippen LogP contribution in [0.25, 0.3) is 0 Å². The number of nitrogens with one attached hydrogen (secondary N) is 2. The van der Waals surface area contributed by atoms with E-state index in [1.165, 1.54) is 0 Å². The molecule has 0 fully saturated rings. The summed E-state index contributed by atoms with van der Waals surface area (Å²) in [5, 5.41) is 3.47. The van der Waals surface area contributed by atoms with E-state index < -0.39 is 11.1 Å². The second-order valence-electron chi connectivity index (χ2n) is 13.2. The molecule has 0 aliphatic rings. The highest BCUT2D eigenvalue weighted by atomic mass is 16.5. The van der Waals surface area contributed by atoms with Crippen LogP contribution in [0.5, 0.6) is 11.5 Å². The summed E-state index contributed by atoms with van der Waals surface area (Å²) in [7, 11) is 3.30. The molecule has 6 aromatic carbocycles. The number of rotatable bonds is 13. The number of hydrogen-bond donors (Lipinski definition) is 3. The van der Waals surface area contributed by atoms with Gasteiger partial charge in [-0.25, -0.2) is 9.98 Å². The third-order valence-electron chi connectivity index (χ3n) is 9.90. The number of aliphatic imine (C=N–C) groups is 2. The van der Waals surface area contributed by atoms with Crippen molar-refractivity contribution in [2.75, 3.05) is 14.2 Å². The molecule has 56 heavy (non-hydrogen) atoms. The highest BCUT2D eigenvalue weighted by molar-refractivity contribution is 6.08. The molecule has 0 saturated heterocycles. The Bertz CT molecular complexity index is 2310. The van der Waals surface area contributed by atoms with Gasteiger partial charge in [0.2, 0.25) is 0 Å². The zero-order chi connectivity index (χ0) is 38.8. The third kappa shape index (κ3) is 7.45. The lowest BCUT2D eigenvalue weighted by Gasteiger charge is -2.34. The lowest BCUT2D eigenvalue weighted by atomic mass is 9.77. The number of guanidine groups is 1. The van der Waals surface area contributed by atoms with Gasteiger partial charge in [-0.05, 0) is 69.8 Å². The molecular formula is C48H43N5O3. The first-order valence-electron chi connectivity index (χ1n) is 18.4. The van der Waals surface area contributed by atoms with Gasteiger partial charge in [0, 0.05) is 12.1 Å². The van der Waals surface area contributed by atoms with Crippen molar-refractivity contribution < 1.29 is 14.3 Å². The predicted molar refractivity (Wildman–Crippen MR) is 223 cm³/mol. The second-order valence-corrected chi connectivity index (χ2v) is 13.2. The molecule has 278 valence electrons.